The van der Waals surface area contributed by atoms with Crippen LogP contribution < -0.4 is 22.5 Å². The van der Waals surface area contributed by atoms with Crippen molar-refractivity contribution in [3.05, 3.63) is 136 Å². The van der Waals surface area contributed by atoms with Gasteiger partial charge in [0.25, 0.3) is 11.1 Å². The van der Waals surface area contributed by atoms with Gasteiger partial charge in [-0.15, -0.1) is 0 Å². The molecule has 0 aliphatic carbocycles. The summed E-state index contributed by atoms with van der Waals surface area (Å²) < 4.78 is 176. The summed E-state index contributed by atoms with van der Waals surface area (Å²) in [5, 5.41) is 0. The maximum atomic E-state index is 14.1. The topological polar surface area (TPSA) is 130 Å². The van der Waals surface area contributed by atoms with Gasteiger partial charge in [-0.2, -0.15) is 52.7 Å². The number of aryl methyl sites for hydroxylation is 4. The monoisotopic (exact) mass is 988 g/mol. The predicted molar refractivity (Wildman–Crippen MR) is 227 cm³/mol. The fraction of sp³-hybridized carbons (Fsp3) is 0.395. The maximum Gasteiger partial charge on any atom is 0.416 e. The van der Waals surface area contributed by atoms with Crippen LogP contribution in [0, 0.1) is 0 Å². The molecular weight excluding hydrogens is 949 g/mol. The second-order valence-corrected chi connectivity index (χ2v) is 16.5. The van der Waals surface area contributed by atoms with Crippen molar-refractivity contribution in [2.24, 2.45) is 28.2 Å². The van der Waals surface area contributed by atoms with E-state index in [9.17, 15) is 71.9 Å². The Morgan fingerprint density at radius 2 is 0.826 bits per heavy atom. The standard InChI is InChI=1S/C43H40F12N10O4/c1-58-22-56-34-32(58)36(66)64(38(68)60(34)3)10-6-24(26-14-28(40(44,45)46)18-29(15-26)41(47,48)49)20-62-8-5-9-63(13-12-62)21-25(27-16-30(42(50,51)52)19-31(17-27)43(53,54)55)7-11-65-37(67)33-35(57-23-59(33)2)61(4)39(65)69/h6-7,14-19,22-23H,5,8-13,20-21H2,1-4H3/b24-6+,25-7+. The number of halogens is 12. The average Bonchev–Trinajstić information content (AvgIpc) is 3.77. The lowest BCUT2D eigenvalue weighted by atomic mass is 9.98. The molecule has 0 N–H and O–H groups in total. The Labute approximate surface area is 380 Å². The fourth-order valence-electron chi connectivity index (χ4n) is 8.17. The van der Waals surface area contributed by atoms with Crippen LogP contribution in [0.15, 0.2) is 80.4 Å². The molecule has 14 nitrogen and oxygen atoms in total. The molecule has 0 amide bonds. The van der Waals surface area contributed by atoms with E-state index in [0.29, 0.717) is 24.3 Å². The van der Waals surface area contributed by atoms with Gasteiger partial charge in [-0.1, -0.05) is 12.2 Å². The summed E-state index contributed by atoms with van der Waals surface area (Å²) in [5.74, 6) is 0. The van der Waals surface area contributed by atoms with E-state index in [-0.39, 0.29) is 91.3 Å². The van der Waals surface area contributed by atoms with Crippen LogP contribution in [0.25, 0.3) is 33.5 Å². The summed E-state index contributed by atoms with van der Waals surface area (Å²) in [7, 11) is 5.58. The highest BCUT2D eigenvalue weighted by atomic mass is 19.4. The molecule has 1 aliphatic heterocycles. The van der Waals surface area contributed by atoms with E-state index in [1.165, 1.54) is 50.0 Å². The lowest BCUT2D eigenvalue weighted by molar-refractivity contribution is -0.144. The van der Waals surface area contributed by atoms with Gasteiger partial charge < -0.3 is 9.13 Å². The second-order valence-electron chi connectivity index (χ2n) is 16.5. The van der Waals surface area contributed by atoms with Gasteiger partial charge in [0.2, 0.25) is 0 Å². The number of benzene rings is 2. The molecule has 1 aliphatic rings. The minimum Gasteiger partial charge on any atom is -0.328 e. The van der Waals surface area contributed by atoms with E-state index in [4.69, 9.17) is 0 Å². The van der Waals surface area contributed by atoms with Crippen LogP contribution in [0.3, 0.4) is 0 Å². The molecule has 4 aromatic heterocycles. The second kappa shape index (κ2) is 18.3. The molecule has 0 unspecified atom stereocenters. The largest absolute Gasteiger partial charge is 0.416 e. The number of hydrogen-bond acceptors (Lipinski definition) is 8. The highest BCUT2D eigenvalue weighted by molar-refractivity contribution is 5.72. The van der Waals surface area contributed by atoms with Gasteiger partial charge in [-0.05, 0) is 78.2 Å². The Balaban J connectivity index is 1.26. The van der Waals surface area contributed by atoms with Crippen LogP contribution in [0.2, 0.25) is 0 Å². The average molecular weight is 989 g/mol. The molecule has 1 fully saturated rings. The summed E-state index contributed by atoms with van der Waals surface area (Å²) in [6.07, 6.45) is -15.9. The summed E-state index contributed by atoms with van der Waals surface area (Å²) in [4.78, 5) is 65.1. The first-order chi connectivity index (χ1) is 32.0. The number of imidazole rings is 2. The Bertz CT molecular complexity index is 2990. The molecule has 7 rings (SSSR count). The van der Waals surface area contributed by atoms with Gasteiger partial charge in [-0.25, -0.2) is 19.6 Å². The number of fused-ring (bicyclic) bond motifs is 2. The quantitative estimate of drug-likeness (QED) is 0.150. The third-order valence-corrected chi connectivity index (χ3v) is 11.8. The molecule has 6 aromatic rings. The summed E-state index contributed by atoms with van der Waals surface area (Å²) in [6, 6.07) is 1.90. The highest BCUT2D eigenvalue weighted by Gasteiger charge is 2.39. The first kappa shape index (κ1) is 50.2. The molecule has 2 aromatic carbocycles. The number of hydrogen-bond donors (Lipinski definition) is 0. The molecule has 0 spiro atoms. The SMILES string of the molecule is Cn1cnc2c1c(=O)n(C/C=C(\CN1CCCN(C/C(=C\Cn3c(=O)c4c(ncn4C)n(C)c3=O)c3cc(C(F)(F)F)cc(C(F)(F)F)c3)CC1)c1cc(C(F)(F)F)cc(C(F)(F)F)c1)c(=O)n2C. The minimum atomic E-state index is -5.24. The molecule has 69 heavy (non-hydrogen) atoms. The molecule has 0 bridgehead atoms. The molecule has 0 saturated carbocycles. The van der Waals surface area contributed by atoms with Gasteiger partial charge in [-0.3, -0.25) is 37.7 Å². The van der Waals surface area contributed by atoms with Crippen molar-refractivity contribution < 1.29 is 52.7 Å². The summed E-state index contributed by atoms with van der Waals surface area (Å²) >= 11 is 0. The highest BCUT2D eigenvalue weighted by Crippen LogP contribution is 2.39. The van der Waals surface area contributed by atoms with Crippen LogP contribution >= 0.6 is 0 Å². The molecular formula is C43H40F12N10O4. The third-order valence-electron chi connectivity index (χ3n) is 11.8. The molecule has 1 saturated heterocycles. The molecule has 5 heterocycles. The first-order valence-electron chi connectivity index (χ1n) is 20.7. The third kappa shape index (κ3) is 10.4. The van der Waals surface area contributed by atoms with Gasteiger partial charge >= 0.3 is 36.1 Å². The van der Waals surface area contributed by atoms with Crippen molar-refractivity contribution in [3.8, 4) is 0 Å². The van der Waals surface area contributed by atoms with E-state index in [2.05, 4.69) is 9.97 Å². The molecule has 0 atom stereocenters. The van der Waals surface area contributed by atoms with E-state index >= 15 is 0 Å². The zero-order chi connectivity index (χ0) is 50.7. The molecule has 370 valence electrons. The van der Waals surface area contributed by atoms with Crippen LogP contribution in [0.5, 0.6) is 0 Å². The van der Waals surface area contributed by atoms with E-state index < -0.39 is 93.7 Å². The molecule has 0 radical (unpaired) electrons. The zero-order valence-corrected chi connectivity index (χ0v) is 36.8. The summed E-state index contributed by atoms with van der Waals surface area (Å²) in [6.45, 7) is -1.75. The van der Waals surface area contributed by atoms with Crippen molar-refractivity contribution in [2.45, 2.75) is 44.2 Å². The lowest BCUT2D eigenvalue weighted by Crippen LogP contribution is -2.39. The minimum absolute atomic E-state index is 0.0183. The fourth-order valence-corrected chi connectivity index (χ4v) is 8.17. The van der Waals surface area contributed by atoms with Crippen molar-refractivity contribution >= 4 is 33.5 Å². The van der Waals surface area contributed by atoms with Crippen molar-refractivity contribution in [2.75, 3.05) is 39.3 Å². The van der Waals surface area contributed by atoms with Crippen LogP contribution in [0.1, 0.15) is 39.8 Å². The number of allylic oxidation sites excluding steroid dienone is 2. The number of alkyl halides is 12. The van der Waals surface area contributed by atoms with Gasteiger partial charge in [0.1, 0.15) is 0 Å². The van der Waals surface area contributed by atoms with Crippen molar-refractivity contribution in [3.63, 3.8) is 0 Å². The predicted octanol–water partition coefficient (Wildman–Crippen LogP) is 6.13. The smallest absolute Gasteiger partial charge is 0.328 e. The van der Waals surface area contributed by atoms with Gasteiger partial charge in [0.05, 0.1) is 34.9 Å². The van der Waals surface area contributed by atoms with Crippen LogP contribution in [-0.2, 0) is 66.0 Å². The Morgan fingerprint density at radius 3 is 1.13 bits per heavy atom. The Hall–Kier alpha value is -6.70. The normalized spacial score (nSPS) is 15.5. The number of nitrogens with zero attached hydrogens (tertiary/aromatic N) is 10. The maximum absolute atomic E-state index is 14.1. The first-order valence-corrected chi connectivity index (χ1v) is 20.7. The Kier molecular flexibility index (Phi) is 13.3. The van der Waals surface area contributed by atoms with E-state index in [1.807, 2.05) is 0 Å². The molecule has 26 heteroatoms. The van der Waals surface area contributed by atoms with Crippen LogP contribution in [0.4, 0.5) is 52.7 Å². The van der Waals surface area contributed by atoms with Crippen molar-refractivity contribution in [1.82, 2.24) is 47.2 Å². The number of aromatic nitrogens is 8. The summed E-state index contributed by atoms with van der Waals surface area (Å²) in [5.41, 5.74) is -11.4. The lowest BCUT2D eigenvalue weighted by Gasteiger charge is -2.25. The van der Waals surface area contributed by atoms with Crippen LogP contribution in [-0.4, -0.2) is 86.4 Å². The van der Waals surface area contributed by atoms with E-state index in [1.54, 1.807) is 9.80 Å². The number of rotatable bonds is 10. The van der Waals surface area contributed by atoms with Crippen molar-refractivity contribution in [1.29, 1.82) is 0 Å². The zero-order valence-electron chi connectivity index (χ0n) is 36.8. The van der Waals surface area contributed by atoms with E-state index in [0.717, 1.165) is 30.4 Å². The Morgan fingerprint density at radius 1 is 0.507 bits per heavy atom. The van der Waals surface area contributed by atoms with Gasteiger partial charge in [0.15, 0.2) is 22.3 Å². The van der Waals surface area contributed by atoms with Gasteiger partial charge in [0, 0.05) is 67.5 Å².